The Morgan fingerprint density at radius 1 is 1.35 bits per heavy atom. The van der Waals surface area contributed by atoms with E-state index in [1.54, 1.807) is 12.4 Å². The number of rotatable bonds is 3. The van der Waals surface area contributed by atoms with E-state index in [1.807, 2.05) is 12.1 Å². The van der Waals surface area contributed by atoms with E-state index in [-0.39, 0.29) is 11.5 Å². The second-order valence-electron chi connectivity index (χ2n) is 5.84. The Morgan fingerprint density at radius 2 is 2.20 bits per heavy atom. The molecule has 3 rings (SSSR count). The van der Waals surface area contributed by atoms with Gasteiger partial charge in [-0.05, 0) is 37.3 Å². The molecule has 2 fully saturated rings. The van der Waals surface area contributed by atoms with Crippen LogP contribution in [-0.4, -0.2) is 36.2 Å². The summed E-state index contributed by atoms with van der Waals surface area (Å²) in [5, 5.41) is 0. The molecule has 0 bridgehead atoms. The maximum Gasteiger partial charge on any atom is 0.140 e. The number of carbonyl (C=O) groups excluding carboxylic acids is 1. The average molecular weight is 275 g/mol. The first kappa shape index (κ1) is 13.7. The molecule has 1 unspecified atom stereocenters. The Balaban J connectivity index is 1.63. The Labute approximate surface area is 119 Å². The summed E-state index contributed by atoms with van der Waals surface area (Å²) in [6.45, 7) is 2.20. The molecular weight excluding hydrogens is 254 g/mol. The molecule has 2 aliphatic rings. The molecule has 2 aliphatic heterocycles. The standard InChI is InChI=1S/C16H21NO3/c18-15(10-13-2-1-6-17-12-13)14-3-7-20-16(11-14)4-8-19-9-5-16/h1-2,6,12,14H,3-5,7-11H2. The van der Waals surface area contributed by atoms with E-state index in [9.17, 15) is 4.79 Å². The van der Waals surface area contributed by atoms with Gasteiger partial charge in [-0.25, -0.2) is 0 Å². The van der Waals surface area contributed by atoms with Crippen LogP contribution >= 0.6 is 0 Å². The van der Waals surface area contributed by atoms with Gasteiger partial charge < -0.3 is 9.47 Å². The number of hydrogen-bond acceptors (Lipinski definition) is 4. The molecule has 0 aliphatic carbocycles. The van der Waals surface area contributed by atoms with Gasteiger partial charge in [-0.2, -0.15) is 0 Å². The molecule has 1 aromatic rings. The number of nitrogens with zero attached hydrogens (tertiary/aromatic N) is 1. The van der Waals surface area contributed by atoms with E-state index in [1.165, 1.54) is 0 Å². The lowest BCUT2D eigenvalue weighted by Gasteiger charge is -2.42. The number of ether oxygens (including phenoxy) is 2. The second kappa shape index (κ2) is 6.02. The lowest BCUT2D eigenvalue weighted by atomic mass is 9.78. The van der Waals surface area contributed by atoms with Crippen molar-refractivity contribution in [2.75, 3.05) is 19.8 Å². The zero-order valence-corrected chi connectivity index (χ0v) is 11.7. The zero-order chi connectivity index (χ0) is 13.8. The molecule has 0 saturated carbocycles. The molecule has 4 heteroatoms. The van der Waals surface area contributed by atoms with Crippen LogP contribution in [0.1, 0.15) is 31.2 Å². The Morgan fingerprint density at radius 3 is 2.95 bits per heavy atom. The number of Topliss-reactive ketones (excluding diaryl/α,β-unsaturated/α-hetero) is 1. The molecule has 0 amide bonds. The third-order valence-corrected chi connectivity index (χ3v) is 4.45. The second-order valence-corrected chi connectivity index (χ2v) is 5.84. The van der Waals surface area contributed by atoms with Gasteiger partial charge >= 0.3 is 0 Å². The number of ketones is 1. The molecule has 108 valence electrons. The van der Waals surface area contributed by atoms with Crippen LogP contribution in [-0.2, 0) is 20.7 Å². The fourth-order valence-corrected chi connectivity index (χ4v) is 3.24. The van der Waals surface area contributed by atoms with Gasteiger partial charge in [0.1, 0.15) is 5.78 Å². The third-order valence-electron chi connectivity index (χ3n) is 4.45. The molecule has 2 saturated heterocycles. The highest BCUT2D eigenvalue weighted by Crippen LogP contribution is 2.37. The molecule has 20 heavy (non-hydrogen) atoms. The minimum absolute atomic E-state index is 0.105. The van der Waals surface area contributed by atoms with E-state index >= 15 is 0 Å². The van der Waals surface area contributed by atoms with Gasteiger partial charge in [0.2, 0.25) is 0 Å². The van der Waals surface area contributed by atoms with Crippen LogP contribution in [0.5, 0.6) is 0 Å². The lowest BCUT2D eigenvalue weighted by Crippen LogP contribution is -2.46. The van der Waals surface area contributed by atoms with Crippen molar-refractivity contribution in [2.45, 2.75) is 37.7 Å². The summed E-state index contributed by atoms with van der Waals surface area (Å²) in [6.07, 6.45) is 7.55. The monoisotopic (exact) mass is 275 g/mol. The van der Waals surface area contributed by atoms with Crippen LogP contribution in [0.4, 0.5) is 0 Å². The number of aromatic nitrogens is 1. The maximum absolute atomic E-state index is 12.5. The summed E-state index contributed by atoms with van der Waals surface area (Å²) >= 11 is 0. The first-order chi connectivity index (χ1) is 9.77. The van der Waals surface area contributed by atoms with Crippen molar-refractivity contribution < 1.29 is 14.3 Å². The quantitative estimate of drug-likeness (QED) is 0.848. The van der Waals surface area contributed by atoms with Crippen LogP contribution in [0, 0.1) is 5.92 Å². The molecule has 4 nitrogen and oxygen atoms in total. The largest absolute Gasteiger partial charge is 0.381 e. The number of carbonyl (C=O) groups is 1. The predicted octanol–water partition coefficient (Wildman–Crippen LogP) is 2.17. The fourth-order valence-electron chi connectivity index (χ4n) is 3.24. The van der Waals surface area contributed by atoms with Crippen molar-refractivity contribution in [3.8, 4) is 0 Å². The normalized spacial score (nSPS) is 25.5. The summed E-state index contributed by atoms with van der Waals surface area (Å²) in [5.41, 5.74) is 0.899. The van der Waals surface area contributed by atoms with Gasteiger partial charge in [0.25, 0.3) is 0 Å². The SMILES string of the molecule is O=C(Cc1cccnc1)C1CCOC2(CCOCC2)C1. The highest BCUT2D eigenvalue weighted by atomic mass is 16.5. The van der Waals surface area contributed by atoms with E-state index in [0.29, 0.717) is 18.8 Å². The van der Waals surface area contributed by atoms with Gasteiger partial charge in [-0.1, -0.05) is 6.07 Å². The van der Waals surface area contributed by atoms with E-state index in [4.69, 9.17) is 9.47 Å². The van der Waals surface area contributed by atoms with Crippen LogP contribution < -0.4 is 0 Å². The van der Waals surface area contributed by atoms with Crippen LogP contribution in [0.25, 0.3) is 0 Å². The molecule has 3 heterocycles. The number of hydrogen-bond donors (Lipinski definition) is 0. The molecular formula is C16H21NO3. The maximum atomic E-state index is 12.5. The molecule has 0 radical (unpaired) electrons. The highest BCUT2D eigenvalue weighted by Gasteiger charge is 2.40. The van der Waals surface area contributed by atoms with E-state index < -0.39 is 0 Å². The van der Waals surface area contributed by atoms with Crippen molar-refractivity contribution in [3.63, 3.8) is 0 Å². The topological polar surface area (TPSA) is 48.4 Å². The summed E-state index contributed by atoms with van der Waals surface area (Å²) < 4.78 is 11.4. The molecule has 0 N–H and O–H groups in total. The summed E-state index contributed by atoms with van der Waals surface area (Å²) in [5.74, 6) is 0.453. The van der Waals surface area contributed by atoms with Crippen molar-refractivity contribution >= 4 is 5.78 Å². The van der Waals surface area contributed by atoms with Gasteiger partial charge in [0.05, 0.1) is 5.60 Å². The minimum Gasteiger partial charge on any atom is -0.381 e. The first-order valence-electron chi connectivity index (χ1n) is 7.41. The Hall–Kier alpha value is -1.26. The molecule has 1 spiro atoms. The Kier molecular flexibility index (Phi) is 4.13. The minimum atomic E-state index is -0.105. The van der Waals surface area contributed by atoms with Crippen LogP contribution in [0.2, 0.25) is 0 Å². The van der Waals surface area contributed by atoms with Crippen molar-refractivity contribution in [2.24, 2.45) is 5.92 Å². The smallest absolute Gasteiger partial charge is 0.140 e. The van der Waals surface area contributed by atoms with E-state index in [2.05, 4.69) is 4.98 Å². The lowest BCUT2D eigenvalue weighted by molar-refractivity contribution is -0.156. The average Bonchev–Trinajstić information content (AvgIpc) is 2.49. The fraction of sp³-hybridized carbons (Fsp3) is 0.625. The van der Waals surface area contributed by atoms with Gasteiger partial charge in [-0.15, -0.1) is 0 Å². The summed E-state index contributed by atoms with van der Waals surface area (Å²) in [4.78, 5) is 16.6. The summed E-state index contributed by atoms with van der Waals surface area (Å²) in [6, 6.07) is 3.85. The van der Waals surface area contributed by atoms with Crippen molar-refractivity contribution in [1.29, 1.82) is 0 Å². The molecule has 1 aromatic heterocycles. The molecule has 1 atom stereocenters. The van der Waals surface area contributed by atoms with Gasteiger partial charge in [0.15, 0.2) is 0 Å². The van der Waals surface area contributed by atoms with Gasteiger partial charge in [0, 0.05) is 44.6 Å². The molecule has 0 aromatic carbocycles. The van der Waals surface area contributed by atoms with Crippen molar-refractivity contribution in [3.05, 3.63) is 30.1 Å². The Bertz CT molecular complexity index is 449. The van der Waals surface area contributed by atoms with Crippen LogP contribution in [0.3, 0.4) is 0 Å². The highest BCUT2D eigenvalue weighted by molar-refractivity contribution is 5.83. The zero-order valence-electron chi connectivity index (χ0n) is 11.7. The van der Waals surface area contributed by atoms with Crippen molar-refractivity contribution in [1.82, 2.24) is 4.98 Å². The summed E-state index contributed by atoms with van der Waals surface area (Å²) in [7, 11) is 0. The van der Waals surface area contributed by atoms with Crippen LogP contribution in [0.15, 0.2) is 24.5 Å². The first-order valence-corrected chi connectivity index (χ1v) is 7.41. The van der Waals surface area contributed by atoms with Gasteiger partial charge in [-0.3, -0.25) is 9.78 Å². The van der Waals surface area contributed by atoms with E-state index in [0.717, 1.165) is 44.5 Å². The third kappa shape index (κ3) is 3.07. The number of pyridine rings is 1. The predicted molar refractivity (Wildman–Crippen MR) is 74.4 cm³/mol.